The van der Waals surface area contributed by atoms with Crippen LogP contribution >= 0.6 is 0 Å². The highest BCUT2D eigenvalue weighted by molar-refractivity contribution is 5.65. The number of rotatable bonds is 9. The van der Waals surface area contributed by atoms with E-state index in [0.29, 0.717) is 11.7 Å². The Kier molecular flexibility index (Phi) is 6.66. The molecular formula is C18H26N4O2. The molecule has 0 aliphatic rings. The van der Waals surface area contributed by atoms with E-state index in [9.17, 15) is 0 Å². The lowest BCUT2D eigenvalue weighted by Gasteiger charge is -2.13. The van der Waals surface area contributed by atoms with Gasteiger partial charge in [-0.15, -0.1) is 0 Å². The van der Waals surface area contributed by atoms with Gasteiger partial charge in [0.1, 0.15) is 17.3 Å². The fraction of sp³-hybridized carbons (Fsp3) is 0.444. The zero-order valence-corrected chi connectivity index (χ0v) is 14.8. The van der Waals surface area contributed by atoms with Crippen molar-refractivity contribution in [2.75, 3.05) is 31.4 Å². The van der Waals surface area contributed by atoms with E-state index >= 15 is 0 Å². The first-order valence-electron chi connectivity index (χ1n) is 8.25. The van der Waals surface area contributed by atoms with Gasteiger partial charge in [0, 0.05) is 24.4 Å². The molecule has 0 spiro atoms. The van der Waals surface area contributed by atoms with Crippen LogP contribution in [0.2, 0.25) is 0 Å². The molecule has 6 heteroatoms. The molecular weight excluding hydrogens is 304 g/mol. The molecule has 0 aliphatic heterocycles. The minimum atomic E-state index is 0.538. The van der Waals surface area contributed by atoms with Crippen LogP contribution in [0, 0.1) is 6.92 Å². The molecule has 2 N–H and O–H groups in total. The third-order valence-electron chi connectivity index (χ3n) is 3.60. The number of aryl methyl sites for hydroxylation is 1. The van der Waals surface area contributed by atoms with E-state index in [2.05, 4.69) is 27.5 Å². The van der Waals surface area contributed by atoms with Crippen LogP contribution in [-0.2, 0) is 0 Å². The third kappa shape index (κ3) is 5.01. The van der Waals surface area contributed by atoms with Gasteiger partial charge in [-0.2, -0.15) is 4.98 Å². The highest BCUT2D eigenvalue weighted by atomic mass is 16.5. The Balaban J connectivity index is 2.13. The molecule has 2 rings (SSSR count). The van der Waals surface area contributed by atoms with E-state index < -0.39 is 0 Å². The molecule has 6 nitrogen and oxygen atoms in total. The fourth-order valence-electron chi connectivity index (χ4n) is 2.33. The quantitative estimate of drug-likeness (QED) is 0.673. The summed E-state index contributed by atoms with van der Waals surface area (Å²) in [7, 11) is 3.25. The first-order chi connectivity index (χ1) is 11.7. The SMILES string of the molecule is CCCCCNc1cc(C)nc(Nc2ccc(OC)cc2OC)n1. The second kappa shape index (κ2) is 8.96. The highest BCUT2D eigenvalue weighted by Crippen LogP contribution is 2.30. The Morgan fingerprint density at radius 2 is 1.88 bits per heavy atom. The van der Waals surface area contributed by atoms with Gasteiger partial charge in [0.25, 0.3) is 0 Å². The van der Waals surface area contributed by atoms with Crippen LogP contribution in [0.4, 0.5) is 17.5 Å². The number of methoxy groups -OCH3 is 2. The van der Waals surface area contributed by atoms with E-state index in [4.69, 9.17) is 9.47 Å². The molecule has 0 atom stereocenters. The third-order valence-corrected chi connectivity index (χ3v) is 3.60. The average Bonchev–Trinajstić information content (AvgIpc) is 2.58. The number of aromatic nitrogens is 2. The number of hydrogen-bond acceptors (Lipinski definition) is 6. The maximum atomic E-state index is 5.40. The van der Waals surface area contributed by atoms with Crippen LogP contribution < -0.4 is 20.1 Å². The van der Waals surface area contributed by atoms with E-state index in [1.807, 2.05) is 31.2 Å². The summed E-state index contributed by atoms with van der Waals surface area (Å²) in [6.45, 7) is 5.06. The second-order valence-corrected chi connectivity index (χ2v) is 5.54. The monoisotopic (exact) mass is 330 g/mol. The van der Waals surface area contributed by atoms with Gasteiger partial charge in [-0.3, -0.25) is 0 Å². The van der Waals surface area contributed by atoms with Gasteiger partial charge < -0.3 is 20.1 Å². The van der Waals surface area contributed by atoms with Crippen LogP contribution in [0.15, 0.2) is 24.3 Å². The molecule has 0 amide bonds. The lowest BCUT2D eigenvalue weighted by atomic mass is 10.2. The molecule has 1 aromatic carbocycles. The lowest BCUT2D eigenvalue weighted by molar-refractivity contribution is 0.395. The minimum absolute atomic E-state index is 0.538. The molecule has 1 aromatic heterocycles. The molecule has 0 radical (unpaired) electrons. The molecule has 0 saturated heterocycles. The van der Waals surface area contributed by atoms with Crippen molar-refractivity contribution in [3.8, 4) is 11.5 Å². The van der Waals surface area contributed by atoms with Gasteiger partial charge in [0.2, 0.25) is 5.95 Å². The summed E-state index contributed by atoms with van der Waals surface area (Å²) in [5, 5.41) is 6.57. The van der Waals surface area contributed by atoms with Gasteiger partial charge in [-0.05, 0) is 25.5 Å². The zero-order valence-electron chi connectivity index (χ0n) is 14.8. The first-order valence-corrected chi connectivity index (χ1v) is 8.25. The molecule has 2 aromatic rings. The van der Waals surface area contributed by atoms with E-state index in [1.54, 1.807) is 14.2 Å². The Bertz CT molecular complexity index is 661. The number of unbranched alkanes of at least 4 members (excludes halogenated alkanes) is 2. The molecule has 0 bridgehead atoms. The fourth-order valence-corrected chi connectivity index (χ4v) is 2.33. The molecule has 1 heterocycles. The van der Waals surface area contributed by atoms with Gasteiger partial charge in [0.15, 0.2) is 0 Å². The zero-order chi connectivity index (χ0) is 17.4. The topological polar surface area (TPSA) is 68.3 Å². The number of hydrogen-bond donors (Lipinski definition) is 2. The number of benzene rings is 1. The maximum absolute atomic E-state index is 5.40. The first kappa shape index (κ1) is 17.8. The van der Waals surface area contributed by atoms with Crippen LogP contribution in [0.25, 0.3) is 0 Å². The van der Waals surface area contributed by atoms with Crippen molar-refractivity contribution in [3.05, 3.63) is 30.0 Å². The van der Waals surface area contributed by atoms with E-state index in [0.717, 1.165) is 35.9 Å². The highest BCUT2D eigenvalue weighted by Gasteiger charge is 2.08. The predicted octanol–water partition coefficient (Wildman–Crippen LogP) is 4.15. The average molecular weight is 330 g/mol. The molecule has 130 valence electrons. The number of nitrogens with zero attached hydrogens (tertiary/aromatic N) is 2. The van der Waals surface area contributed by atoms with E-state index in [-0.39, 0.29) is 0 Å². The predicted molar refractivity (Wildman–Crippen MR) is 97.6 cm³/mol. The maximum Gasteiger partial charge on any atom is 0.229 e. The van der Waals surface area contributed by atoms with Crippen LogP contribution in [0.3, 0.4) is 0 Å². The number of ether oxygens (including phenoxy) is 2. The van der Waals surface area contributed by atoms with Crippen molar-refractivity contribution >= 4 is 17.5 Å². The summed E-state index contributed by atoms with van der Waals surface area (Å²) < 4.78 is 10.6. The standard InChI is InChI=1S/C18H26N4O2/c1-5-6-7-10-19-17-11-13(2)20-18(22-17)21-15-9-8-14(23-3)12-16(15)24-4/h8-9,11-12H,5-7,10H2,1-4H3,(H2,19,20,21,22). The Labute approximate surface area is 143 Å². The van der Waals surface area contributed by atoms with Crippen molar-refractivity contribution in [1.82, 2.24) is 9.97 Å². The molecule has 0 saturated carbocycles. The van der Waals surface area contributed by atoms with Gasteiger partial charge >= 0.3 is 0 Å². The van der Waals surface area contributed by atoms with Crippen LogP contribution in [0.1, 0.15) is 31.9 Å². The molecule has 0 aliphatic carbocycles. The molecule has 24 heavy (non-hydrogen) atoms. The Morgan fingerprint density at radius 3 is 2.58 bits per heavy atom. The van der Waals surface area contributed by atoms with Crippen LogP contribution in [-0.4, -0.2) is 30.7 Å². The van der Waals surface area contributed by atoms with Gasteiger partial charge in [-0.25, -0.2) is 4.98 Å². The molecule has 0 fully saturated rings. The molecule has 0 unspecified atom stereocenters. The van der Waals surface area contributed by atoms with Crippen molar-refractivity contribution < 1.29 is 9.47 Å². The normalized spacial score (nSPS) is 10.3. The van der Waals surface area contributed by atoms with Crippen LogP contribution in [0.5, 0.6) is 11.5 Å². The minimum Gasteiger partial charge on any atom is -0.497 e. The second-order valence-electron chi connectivity index (χ2n) is 5.54. The van der Waals surface area contributed by atoms with Gasteiger partial charge in [-0.1, -0.05) is 19.8 Å². The Morgan fingerprint density at radius 1 is 1.04 bits per heavy atom. The number of nitrogens with one attached hydrogen (secondary N) is 2. The van der Waals surface area contributed by atoms with Crippen molar-refractivity contribution in [2.45, 2.75) is 33.1 Å². The summed E-state index contributed by atoms with van der Waals surface area (Å²) in [5.74, 6) is 2.78. The van der Waals surface area contributed by atoms with Crippen molar-refractivity contribution in [3.63, 3.8) is 0 Å². The van der Waals surface area contributed by atoms with E-state index in [1.165, 1.54) is 12.8 Å². The summed E-state index contributed by atoms with van der Waals surface area (Å²) in [4.78, 5) is 8.97. The van der Waals surface area contributed by atoms with Gasteiger partial charge in [0.05, 0.1) is 19.9 Å². The van der Waals surface area contributed by atoms with Crippen molar-refractivity contribution in [1.29, 1.82) is 0 Å². The Hall–Kier alpha value is -2.50. The van der Waals surface area contributed by atoms with Crippen molar-refractivity contribution in [2.24, 2.45) is 0 Å². The summed E-state index contributed by atoms with van der Waals surface area (Å²) in [6.07, 6.45) is 3.55. The summed E-state index contributed by atoms with van der Waals surface area (Å²) in [6, 6.07) is 7.52. The largest absolute Gasteiger partial charge is 0.497 e. The number of anilines is 3. The lowest BCUT2D eigenvalue weighted by Crippen LogP contribution is -2.07. The summed E-state index contributed by atoms with van der Waals surface area (Å²) in [5.41, 5.74) is 1.69. The summed E-state index contributed by atoms with van der Waals surface area (Å²) >= 11 is 0. The smallest absolute Gasteiger partial charge is 0.229 e.